The summed E-state index contributed by atoms with van der Waals surface area (Å²) in [6, 6.07) is 18.6. The first-order chi connectivity index (χ1) is 11.7. The lowest BCUT2D eigenvalue weighted by Gasteiger charge is -2.20. The second-order valence-electron chi connectivity index (χ2n) is 5.52. The van der Waals surface area contributed by atoms with Gasteiger partial charge in [-0.25, -0.2) is 9.97 Å². The summed E-state index contributed by atoms with van der Waals surface area (Å²) < 4.78 is 5.18. The smallest absolute Gasteiger partial charge is 0.118 e. The summed E-state index contributed by atoms with van der Waals surface area (Å²) >= 11 is 0. The van der Waals surface area contributed by atoms with Crippen LogP contribution in [-0.4, -0.2) is 17.1 Å². The van der Waals surface area contributed by atoms with Crippen LogP contribution >= 0.6 is 0 Å². The van der Waals surface area contributed by atoms with E-state index in [0.717, 1.165) is 22.6 Å². The second-order valence-corrected chi connectivity index (χ2v) is 5.52. The highest BCUT2D eigenvalue weighted by Gasteiger charge is 2.19. The second kappa shape index (κ2) is 7.21. The highest BCUT2D eigenvalue weighted by Crippen LogP contribution is 2.26. The van der Waals surface area contributed by atoms with Crippen LogP contribution < -0.4 is 16.2 Å². The average Bonchev–Trinajstić information content (AvgIpc) is 2.67. The Hall–Kier alpha value is -2.76. The first-order valence-electron chi connectivity index (χ1n) is 7.71. The lowest BCUT2D eigenvalue weighted by Crippen LogP contribution is -2.27. The van der Waals surface area contributed by atoms with Crippen molar-refractivity contribution in [2.75, 3.05) is 7.11 Å². The van der Waals surface area contributed by atoms with Crippen LogP contribution in [-0.2, 0) is 0 Å². The van der Waals surface area contributed by atoms with Crippen LogP contribution in [0.5, 0.6) is 5.75 Å². The van der Waals surface area contributed by atoms with Gasteiger partial charge in [0.1, 0.15) is 12.1 Å². The zero-order chi connectivity index (χ0) is 16.9. The minimum absolute atomic E-state index is 0.329. The van der Waals surface area contributed by atoms with E-state index in [1.165, 1.54) is 6.33 Å². The lowest BCUT2D eigenvalue weighted by molar-refractivity contribution is 0.415. The van der Waals surface area contributed by atoms with Gasteiger partial charge >= 0.3 is 0 Å². The topological polar surface area (TPSA) is 87.0 Å². The zero-order valence-electron chi connectivity index (χ0n) is 13.5. The van der Waals surface area contributed by atoms with E-state index in [0.29, 0.717) is 5.69 Å². The van der Waals surface area contributed by atoms with Crippen LogP contribution in [0.1, 0.15) is 23.3 Å². The van der Waals surface area contributed by atoms with Crippen molar-refractivity contribution < 1.29 is 4.74 Å². The Morgan fingerprint density at radius 2 is 1.58 bits per heavy atom. The molecule has 122 valence electrons. The van der Waals surface area contributed by atoms with Crippen LogP contribution in [0.2, 0.25) is 0 Å². The van der Waals surface area contributed by atoms with Gasteiger partial charge in [-0.15, -0.1) is 0 Å². The van der Waals surface area contributed by atoms with Gasteiger partial charge in [0, 0.05) is 5.56 Å². The monoisotopic (exact) mass is 320 g/mol. The molecule has 2 atom stereocenters. The predicted molar refractivity (Wildman–Crippen MR) is 94.3 cm³/mol. The van der Waals surface area contributed by atoms with E-state index in [1.54, 1.807) is 7.11 Å². The van der Waals surface area contributed by atoms with E-state index in [9.17, 15) is 0 Å². The molecule has 2 unspecified atom stereocenters. The number of nitrogens with two attached hydrogens (primary N) is 2. The van der Waals surface area contributed by atoms with Crippen molar-refractivity contribution in [1.29, 1.82) is 0 Å². The fourth-order valence-electron chi connectivity index (χ4n) is 2.54. The minimum atomic E-state index is -0.410. The number of ether oxygens (including phenoxy) is 1. The average molecular weight is 320 g/mol. The molecule has 1 aromatic heterocycles. The molecule has 0 amide bonds. The number of benzene rings is 2. The SMILES string of the molecule is COc1ccc(-c2cc(C(N)C(N)c3ccccc3)ncn2)cc1. The zero-order valence-corrected chi connectivity index (χ0v) is 13.5. The Morgan fingerprint density at radius 1 is 0.875 bits per heavy atom. The van der Waals surface area contributed by atoms with E-state index in [-0.39, 0.29) is 6.04 Å². The van der Waals surface area contributed by atoms with Gasteiger partial charge in [0.15, 0.2) is 0 Å². The van der Waals surface area contributed by atoms with Crippen molar-refractivity contribution in [1.82, 2.24) is 9.97 Å². The minimum Gasteiger partial charge on any atom is -0.497 e. The molecule has 1 heterocycles. The summed E-state index contributed by atoms with van der Waals surface area (Å²) in [5, 5.41) is 0. The molecule has 24 heavy (non-hydrogen) atoms. The number of hydrogen-bond donors (Lipinski definition) is 2. The third kappa shape index (κ3) is 3.42. The largest absolute Gasteiger partial charge is 0.497 e. The first kappa shape index (κ1) is 16.1. The third-order valence-electron chi connectivity index (χ3n) is 3.99. The fourth-order valence-corrected chi connectivity index (χ4v) is 2.54. The highest BCUT2D eigenvalue weighted by atomic mass is 16.5. The van der Waals surface area contributed by atoms with Gasteiger partial charge in [0.05, 0.1) is 30.6 Å². The first-order valence-corrected chi connectivity index (χ1v) is 7.71. The van der Waals surface area contributed by atoms with E-state index in [4.69, 9.17) is 16.2 Å². The van der Waals surface area contributed by atoms with Crippen molar-refractivity contribution in [3.05, 3.63) is 78.2 Å². The van der Waals surface area contributed by atoms with Crippen LogP contribution in [0.25, 0.3) is 11.3 Å². The molecule has 0 aliphatic rings. The number of methoxy groups -OCH3 is 1. The maximum Gasteiger partial charge on any atom is 0.118 e. The molecular formula is C19H20N4O. The number of rotatable bonds is 5. The van der Waals surface area contributed by atoms with Gasteiger partial charge in [-0.2, -0.15) is 0 Å². The highest BCUT2D eigenvalue weighted by molar-refractivity contribution is 5.60. The molecule has 0 aliphatic carbocycles. The van der Waals surface area contributed by atoms with Crippen LogP contribution in [0, 0.1) is 0 Å². The Bertz CT molecular complexity index is 790. The predicted octanol–water partition coefficient (Wildman–Crippen LogP) is 2.85. The summed E-state index contributed by atoms with van der Waals surface area (Å²) in [5.41, 5.74) is 16.1. The number of hydrogen-bond acceptors (Lipinski definition) is 5. The Labute approximate surface area is 141 Å². The van der Waals surface area contributed by atoms with Crippen LogP contribution in [0.15, 0.2) is 67.0 Å². The summed E-state index contributed by atoms with van der Waals surface area (Å²) in [6.07, 6.45) is 1.52. The molecule has 0 fully saturated rings. The van der Waals surface area contributed by atoms with Crippen LogP contribution in [0.4, 0.5) is 0 Å². The standard InChI is InChI=1S/C19H20N4O/c1-24-15-9-7-13(8-10-15)16-11-17(23-12-22-16)19(21)18(20)14-5-3-2-4-6-14/h2-12,18-19H,20-21H2,1H3. The third-order valence-corrected chi connectivity index (χ3v) is 3.99. The Morgan fingerprint density at radius 3 is 2.25 bits per heavy atom. The fraction of sp³-hybridized carbons (Fsp3) is 0.158. The van der Waals surface area contributed by atoms with Crippen molar-refractivity contribution >= 4 is 0 Å². The van der Waals surface area contributed by atoms with Crippen molar-refractivity contribution in [2.45, 2.75) is 12.1 Å². The van der Waals surface area contributed by atoms with Crippen molar-refractivity contribution in [3.8, 4) is 17.0 Å². The molecule has 3 rings (SSSR count). The molecule has 0 aliphatic heterocycles. The Balaban J connectivity index is 1.86. The number of aromatic nitrogens is 2. The molecule has 5 heteroatoms. The van der Waals surface area contributed by atoms with Gasteiger partial charge < -0.3 is 16.2 Å². The van der Waals surface area contributed by atoms with Crippen molar-refractivity contribution in [2.24, 2.45) is 11.5 Å². The maximum atomic E-state index is 6.33. The molecule has 5 nitrogen and oxygen atoms in total. The van der Waals surface area contributed by atoms with Gasteiger partial charge in [-0.1, -0.05) is 30.3 Å². The summed E-state index contributed by atoms with van der Waals surface area (Å²) in [4.78, 5) is 8.64. The van der Waals surface area contributed by atoms with Crippen molar-refractivity contribution in [3.63, 3.8) is 0 Å². The van der Waals surface area contributed by atoms with E-state index >= 15 is 0 Å². The lowest BCUT2D eigenvalue weighted by atomic mass is 9.97. The number of nitrogens with zero attached hydrogens (tertiary/aromatic N) is 2. The summed E-state index contributed by atoms with van der Waals surface area (Å²) in [5.74, 6) is 0.802. The molecule has 0 bridgehead atoms. The molecular weight excluding hydrogens is 300 g/mol. The van der Waals surface area contributed by atoms with Crippen LogP contribution in [0.3, 0.4) is 0 Å². The summed E-state index contributed by atoms with van der Waals surface area (Å²) in [6.45, 7) is 0. The summed E-state index contributed by atoms with van der Waals surface area (Å²) in [7, 11) is 1.64. The quantitative estimate of drug-likeness (QED) is 0.755. The van der Waals surface area contributed by atoms with Gasteiger partial charge in [-0.3, -0.25) is 0 Å². The normalized spacial score (nSPS) is 13.3. The van der Waals surface area contributed by atoms with Gasteiger partial charge in [0.25, 0.3) is 0 Å². The molecule has 4 N–H and O–H groups in total. The van der Waals surface area contributed by atoms with Gasteiger partial charge in [-0.05, 0) is 35.9 Å². The van der Waals surface area contributed by atoms with E-state index in [2.05, 4.69) is 9.97 Å². The van der Waals surface area contributed by atoms with E-state index < -0.39 is 6.04 Å². The Kier molecular flexibility index (Phi) is 4.84. The molecule has 3 aromatic rings. The maximum absolute atomic E-state index is 6.33. The molecule has 2 aromatic carbocycles. The molecule has 0 radical (unpaired) electrons. The molecule has 0 saturated carbocycles. The van der Waals surface area contributed by atoms with E-state index in [1.807, 2.05) is 60.7 Å². The molecule has 0 saturated heterocycles. The van der Waals surface area contributed by atoms with Gasteiger partial charge in [0.2, 0.25) is 0 Å². The molecule has 0 spiro atoms.